The maximum absolute atomic E-state index is 10.7. The summed E-state index contributed by atoms with van der Waals surface area (Å²) in [5.41, 5.74) is 8.24. The molecule has 0 spiro atoms. The maximum atomic E-state index is 10.7. The number of azide groups is 1. The number of methoxy groups -OCH3 is 1. The molecule has 8 nitrogen and oxygen atoms in total. The molecule has 0 aliphatic carbocycles. The van der Waals surface area contributed by atoms with Crippen molar-refractivity contribution in [2.24, 2.45) is 5.11 Å². The minimum absolute atomic E-state index is 0.130. The molecule has 0 aromatic carbocycles. The number of ether oxygens (including phenoxy) is 2. The molecule has 1 saturated heterocycles. The molecule has 1 rings (SSSR count). The zero-order valence-corrected chi connectivity index (χ0v) is 7.98. The van der Waals surface area contributed by atoms with Crippen LogP contribution in [-0.2, 0) is 14.3 Å². The number of carboxylic acids is 1. The molecule has 0 aromatic heterocycles. The first-order chi connectivity index (χ1) is 7.10. The lowest BCUT2D eigenvalue weighted by molar-refractivity contribution is -0.224. The summed E-state index contributed by atoms with van der Waals surface area (Å²) in [6, 6.07) is -0.852. The lowest BCUT2D eigenvalue weighted by Gasteiger charge is -2.34. The van der Waals surface area contributed by atoms with Crippen molar-refractivity contribution >= 4 is 5.97 Å². The first kappa shape index (κ1) is 11.7. The van der Waals surface area contributed by atoms with Crippen molar-refractivity contribution in [1.82, 2.24) is 0 Å². The van der Waals surface area contributed by atoms with E-state index < -0.39 is 30.5 Å². The third kappa shape index (κ3) is 2.57. The minimum Gasteiger partial charge on any atom is -0.479 e. The molecule has 1 aliphatic rings. The highest BCUT2D eigenvalue weighted by molar-refractivity contribution is 5.73. The van der Waals surface area contributed by atoms with E-state index in [0.29, 0.717) is 0 Å². The van der Waals surface area contributed by atoms with Crippen molar-refractivity contribution in [3.8, 4) is 0 Å². The quantitative estimate of drug-likeness (QED) is 0.387. The molecule has 0 amide bonds. The largest absolute Gasteiger partial charge is 0.479 e. The molecule has 0 saturated carbocycles. The molecule has 4 atom stereocenters. The van der Waals surface area contributed by atoms with Crippen LogP contribution in [0.5, 0.6) is 0 Å². The molecule has 0 aromatic rings. The van der Waals surface area contributed by atoms with Crippen LogP contribution in [-0.4, -0.2) is 47.8 Å². The van der Waals surface area contributed by atoms with E-state index >= 15 is 0 Å². The van der Waals surface area contributed by atoms with Gasteiger partial charge in [-0.1, -0.05) is 5.11 Å². The molecule has 15 heavy (non-hydrogen) atoms. The van der Waals surface area contributed by atoms with E-state index in [1.165, 1.54) is 7.11 Å². The minimum atomic E-state index is -1.43. The molecule has 1 fully saturated rings. The number of hydrogen-bond acceptors (Lipinski definition) is 5. The number of aliphatic hydroxyl groups is 1. The topological polar surface area (TPSA) is 125 Å². The highest BCUT2D eigenvalue weighted by Crippen LogP contribution is 2.23. The Balaban J connectivity index is 2.82. The van der Waals surface area contributed by atoms with Gasteiger partial charge in [0.25, 0.3) is 0 Å². The Hall–Kier alpha value is -1.34. The van der Waals surface area contributed by atoms with Gasteiger partial charge in [-0.25, -0.2) is 4.79 Å². The fraction of sp³-hybridized carbons (Fsp3) is 0.857. The number of hydrogen-bond donors (Lipinski definition) is 2. The maximum Gasteiger partial charge on any atom is 0.335 e. The van der Waals surface area contributed by atoms with Crippen molar-refractivity contribution in [3.05, 3.63) is 10.4 Å². The third-order valence-corrected chi connectivity index (χ3v) is 2.14. The van der Waals surface area contributed by atoms with E-state index in [1.54, 1.807) is 0 Å². The average molecular weight is 217 g/mol. The normalized spacial score (nSPS) is 35.6. The number of aliphatic hydroxyl groups excluding tert-OH is 1. The molecular formula is C7H11N3O5. The summed E-state index contributed by atoms with van der Waals surface area (Å²) in [7, 11) is 1.34. The zero-order chi connectivity index (χ0) is 11.4. The van der Waals surface area contributed by atoms with Crippen LogP contribution in [0.2, 0.25) is 0 Å². The lowest BCUT2D eigenvalue weighted by atomic mass is 9.99. The van der Waals surface area contributed by atoms with E-state index in [-0.39, 0.29) is 6.42 Å². The predicted molar refractivity (Wildman–Crippen MR) is 46.9 cm³/mol. The monoisotopic (exact) mass is 217 g/mol. The fourth-order valence-corrected chi connectivity index (χ4v) is 1.38. The smallest absolute Gasteiger partial charge is 0.335 e. The number of carbonyl (C=O) groups is 1. The van der Waals surface area contributed by atoms with Gasteiger partial charge in [0.1, 0.15) is 0 Å². The van der Waals surface area contributed by atoms with Crippen LogP contribution in [0, 0.1) is 0 Å². The number of aliphatic carboxylic acids is 1. The van der Waals surface area contributed by atoms with Gasteiger partial charge in [-0.2, -0.15) is 0 Å². The van der Waals surface area contributed by atoms with Crippen LogP contribution >= 0.6 is 0 Å². The van der Waals surface area contributed by atoms with Gasteiger partial charge in [0.15, 0.2) is 12.4 Å². The summed E-state index contributed by atoms with van der Waals surface area (Å²) >= 11 is 0. The van der Waals surface area contributed by atoms with Gasteiger partial charge in [0, 0.05) is 18.4 Å². The second-order valence-electron chi connectivity index (χ2n) is 3.06. The molecular weight excluding hydrogens is 206 g/mol. The Morgan fingerprint density at radius 3 is 2.87 bits per heavy atom. The second-order valence-corrected chi connectivity index (χ2v) is 3.06. The average Bonchev–Trinajstić information content (AvgIpc) is 2.21. The van der Waals surface area contributed by atoms with Gasteiger partial charge in [-0.15, -0.1) is 0 Å². The summed E-state index contributed by atoms with van der Waals surface area (Å²) in [4.78, 5) is 13.2. The summed E-state index contributed by atoms with van der Waals surface area (Å²) in [6.07, 6.45) is -3.44. The SMILES string of the molecule is CO[C@@H]1C[C@H](N=[N+]=[N-])[C@H](O)[C@@H](C(=O)O)O1. The molecule has 0 radical (unpaired) electrons. The fourth-order valence-electron chi connectivity index (χ4n) is 1.38. The van der Waals surface area contributed by atoms with E-state index in [9.17, 15) is 9.90 Å². The van der Waals surface area contributed by atoms with Crippen LogP contribution in [0.3, 0.4) is 0 Å². The van der Waals surface area contributed by atoms with Crippen molar-refractivity contribution < 1.29 is 24.5 Å². The van der Waals surface area contributed by atoms with E-state index in [1.807, 2.05) is 0 Å². The van der Waals surface area contributed by atoms with Gasteiger partial charge in [-0.3, -0.25) is 0 Å². The van der Waals surface area contributed by atoms with Gasteiger partial charge >= 0.3 is 5.97 Å². The lowest BCUT2D eigenvalue weighted by Crippen LogP contribution is -2.51. The Morgan fingerprint density at radius 2 is 2.40 bits per heavy atom. The van der Waals surface area contributed by atoms with Crippen LogP contribution in [0.1, 0.15) is 6.42 Å². The van der Waals surface area contributed by atoms with Crippen molar-refractivity contribution in [1.29, 1.82) is 0 Å². The first-order valence-electron chi connectivity index (χ1n) is 4.23. The zero-order valence-electron chi connectivity index (χ0n) is 7.98. The molecule has 0 unspecified atom stereocenters. The van der Waals surface area contributed by atoms with Crippen LogP contribution in [0.15, 0.2) is 5.11 Å². The predicted octanol–water partition coefficient (Wildman–Crippen LogP) is -0.128. The van der Waals surface area contributed by atoms with Gasteiger partial charge < -0.3 is 19.7 Å². The van der Waals surface area contributed by atoms with Gasteiger partial charge in [0.05, 0.1) is 12.1 Å². The van der Waals surface area contributed by atoms with Gasteiger partial charge in [-0.05, 0) is 5.53 Å². The van der Waals surface area contributed by atoms with Crippen molar-refractivity contribution in [2.45, 2.75) is 31.0 Å². The Labute approximate surface area is 85.0 Å². The Bertz CT molecular complexity index is 278. The summed E-state index contributed by atoms with van der Waals surface area (Å²) < 4.78 is 9.75. The molecule has 1 heterocycles. The molecule has 84 valence electrons. The molecule has 2 N–H and O–H groups in total. The van der Waals surface area contributed by atoms with Crippen molar-refractivity contribution in [3.63, 3.8) is 0 Å². The van der Waals surface area contributed by atoms with Crippen LogP contribution < -0.4 is 0 Å². The Morgan fingerprint density at radius 1 is 1.73 bits per heavy atom. The summed E-state index contributed by atoms with van der Waals surface area (Å²) in [5.74, 6) is -1.32. The highest BCUT2D eigenvalue weighted by Gasteiger charge is 2.41. The van der Waals surface area contributed by atoms with E-state index in [4.69, 9.17) is 20.1 Å². The van der Waals surface area contributed by atoms with Gasteiger partial charge in [0.2, 0.25) is 0 Å². The van der Waals surface area contributed by atoms with E-state index in [0.717, 1.165) is 0 Å². The number of carboxylic acid groups (broad SMARTS) is 1. The first-order valence-corrected chi connectivity index (χ1v) is 4.23. The number of nitrogens with zero attached hydrogens (tertiary/aromatic N) is 3. The van der Waals surface area contributed by atoms with E-state index in [2.05, 4.69) is 10.0 Å². The van der Waals surface area contributed by atoms with Crippen LogP contribution in [0.4, 0.5) is 0 Å². The third-order valence-electron chi connectivity index (χ3n) is 2.14. The summed E-state index contributed by atoms with van der Waals surface area (Å²) in [6.45, 7) is 0. The molecule has 1 aliphatic heterocycles. The standard InChI is InChI=1S/C7H11N3O5/c1-14-4-2-3(9-10-8)5(11)6(15-4)7(12)13/h3-6,11H,2H2,1H3,(H,12,13)/t3-,4-,5-,6-/m0/s1. The van der Waals surface area contributed by atoms with Crippen molar-refractivity contribution in [2.75, 3.05) is 7.11 Å². The molecule has 8 heteroatoms. The number of rotatable bonds is 3. The highest BCUT2D eigenvalue weighted by atomic mass is 16.7. The molecule has 0 bridgehead atoms. The second kappa shape index (κ2) is 4.94. The van der Waals surface area contributed by atoms with Crippen LogP contribution in [0.25, 0.3) is 10.4 Å². The Kier molecular flexibility index (Phi) is 3.87. The summed E-state index contributed by atoms with van der Waals surface area (Å²) in [5, 5.41) is 21.6.